The van der Waals surface area contributed by atoms with Gasteiger partial charge in [0.25, 0.3) is 0 Å². The van der Waals surface area contributed by atoms with Crippen LogP contribution in [0.2, 0.25) is 0 Å². The van der Waals surface area contributed by atoms with E-state index in [4.69, 9.17) is 5.73 Å². The maximum Gasteiger partial charge on any atom is 0.405 e. The minimum Gasteiger partial charge on any atom is -0.382 e. The maximum absolute atomic E-state index is 12.8. The second-order valence-electron chi connectivity index (χ2n) is 4.54. The lowest BCUT2D eigenvalue weighted by atomic mass is 10.2. The van der Waals surface area contributed by atoms with E-state index in [1.54, 1.807) is 5.38 Å². The number of nitrogen functional groups attached to an aromatic ring is 1. The van der Waals surface area contributed by atoms with Gasteiger partial charge in [0.05, 0.1) is 16.3 Å². The Balaban J connectivity index is 2.42. The van der Waals surface area contributed by atoms with Gasteiger partial charge < -0.3 is 10.6 Å². The van der Waals surface area contributed by atoms with E-state index in [1.165, 1.54) is 16.2 Å². The van der Waals surface area contributed by atoms with Gasteiger partial charge in [-0.1, -0.05) is 6.92 Å². The molecule has 0 saturated carbocycles. The number of hydrogen-bond donors (Lipinski definition) is 1. The Bertz CT molecular complexity index is 606. The zero-order valence-electron chi connectivity index (χ0n) is 11.6. The van der Waals surface area contributed by atoms with E-state index in [1.807, 2.05) is 13.8 Å². The van der Waals surface area contributed by atoms with Crippen molar-refractivity contribution in [3.05, 3.63) is 10.4 Å². The Kier molecular flexibility index (Phi) is 4.72. The number of aryl methyl sites for hydroxylation is 1. The fourth-order valence-electron chi connectivity index (χ4n) is 1.97. The van der Waals surface area contributed by atoms with Gasteiger partial charge in [-0.05, 0) is 24.9 Å². The number of halogens is 3. The van der Waals surface area contributed by atoms with Crippen LogP contribution in [0.3, 0.4) is 0 Å². The number of alkyl halides is 3. The number of nitrogens with two attached hydrogens (primary N) is 1. The molecule has 9 heteroatoms. The second kappa shape index (κ2) is 6.18. The maximum atomic E-state index is 12.8. The van der Waals surface area contributed by atoms with Crippen molar-refractivity contribution in [2.45, 2.75) is 26.4 Å². The van der Waals surface area contributed by atoms with Crippen molar-refractivity contribution in [3.63, 3.8) is 0 Å². The van der Waals surface area contributed by atoms with Crippen LogP contribution in [0.15, 0.2) is 5.38 Å². The molecule has 2 aromatic rings. The molecule has 0 atom stereocenters. The Morgan fingerprint density at radius 3 is 2.62 bits per heavy atom. The standard InChI is InChI=1S/C12H15F3N4S2/c1-3-4-19(6-12(13,14)15)11-9(10(16)18-21-11)8-5-20-7(2)17-8/h5H,3-4,6H2,1-2H3,(H2,16,18). The Labute approximate surface area is 128 Å². The van der Waals surface area contributed by atoms with Crippen LogP contribution >= 0.6 is 22.9 Å². The predicted molar refractivity (Wildman–Crippen MR) is 80.9 cm³/mol. The quantitative estimate of drug-likeness (QED) is 0.899. The van der Waals surface area contributed by atoms with Crippen molar-refractivity contribution in [1.29, 1.82) is 0 Å². The fourth-order valence-corrected chi connectivity index (χ4v) is 3.42. The normalized spacial score (nSPS) is 11.9. The van der Waals surface area contributed by atoms with Gasteiger partial charge >= 0.3 is 6.18 Å². The third kappa shape index (κ3) is 3.85. The van der Waals surface area contributed by atoms with Crippen LogP contribution in [0, 0.1) is 6.92 Å². The summed E-state index contributed by atoms with van der Waals surface area (Å²) in [5.41, 5.74) is 6.92. The van der Waals surface area contributed by atoms with E-state index in [-0.39, 0.29) is 12.4 Å². The summed E-state index contributed by atoms with van der Waals surface area (Å²) in [6.07, 6.45) is -3.67. The molecule has 0 aliphatic rings. The highest BCUT2D eigenvalue weighted by Crippen LogP contribution is 2.40. The lowest BCUT2D eigenvalue weighted by Crippen LogP contribution is -2.34. The molecular weight excluding hydrogens is 321 g/mol. The molecule has 0 aromatic carbocycles. The Hall–Kier alpha value is -1.35. The van der Waals surface area contributed by atoms with E-state index in [0.717, 1.165) is 16.5 Å². The van der Waals surface area contributed by atoms with E-state index in [2.05, 4.69) is 9.36 Å². The third-order valence-electron chi connectivity index (χ3n) is 2.73. The monoisotopic (exact) mass is 336 g/mol. The summed E-state index contributed by atoms with van der Waals surface area (Å²) < 4.78 is 42.3. The number of nitrogens with zero attached hydrogens (tertiary/aromatic N) is 3. The van der Waals surface area contributed by atoms with Gasteiger partial charge in [-0.2, -0.15) is 17.5 Å². The summed E-state index contributed by atoms with van der Waals surface area (Å²) in [5, 5.41) is 3.05. The third-order valence-corrected chi connectivity index (χ3v) is 4.42. The first-order valence-electron chi connectivity index (χ1n) is 6.31. The molecule has 2 heterocycles. The molecule has 0 amide bonds. The van der Waals surface area contributed by atoms with Crippen LogP contribution in [0.25, 0.3) is 11.3 Å². The van der Waals surface area contributed by atoms with E-state index < -0.39 is 12.7 Å². The van der Waals surface area contributed by atoms with Crippen molar-refractivity contribution in [3.8, 4) is 11.3 Å². The smallest absolute Gasteiger partial charge is 0.382 e. The summed E-state index contributed by atoms with van der Waals surface area (Å²) in [6, 6.07) is 0. The number of anilines is 2. The topological polar surface area (TPSA) is 55.0 Å². The predicted octanol–water partition coefficient (Wildman–Crippen LogP) is 3.94. The minimum atomic E-state index is -4.27. The Morgan fingerprint density at radius 2 is 2.10 bits per heavy atom. The average Bonchev–Trinajstić information content (AvgIpc) is 2.93. The zero-order valence-corrected chi connectivity index (χ0v) is 13.2. The van der Waals surface area contributed by atoms with Gasteiger partial charge in [-0.15, -0.1) is 11.3 Å². The first-order chi connectivity index (χ1) is 9.81. The van der Waals surface area contributed by atoms with Crippen molar-refractivity contribution in [2.75, 3.05) is 23.7 Å². The molecule has 0 saturated heterocycles. The number of thiazole rings is 1. The molecule has 0 bridgehead atoms. The SMILES string of the molecule is CCCN(CC(F)(F)F)c1snc(N)c1-c1csc(C)n1. The molecule has 0 fully saturated rings. The highest BCUT2D eigenvalue weighted by atomic mass is 32.1. The first-order valence-corrected chi connectivity index (χ1v) is 7.96. The van der Waals surface area contributed by atoms with Gasteiger partial charge in [0, 0.05) is 11.9 Å². The van der Waals surface area contributed by atoms with Gasteiger partial charge in [-0.3, -0.25) is 0 Å². The minimum absolute atomic E-state index is 0.226. The molecule has 0 aliphatic carbocycles. The average molecular weight is 336 g/mol. The zero-order chi connectivity index (χ0) is 15.6. The molecule has 0 radical (unpaired) electrons. The molecule has 0 spiro atoms. The van der Waals surface area contributed by atoms with Crippen LogP contribution in [0.4, 0.5) is 24.0 Å². The van der Waals surface area contributed by atoms with Gasteiger partial charge in [0.1, 0.15) is 17.4 Å². The summed E-state index contributed by atoms with van der Waals surface area (Å²) in [6.45, 7) is 2.94. The molecule has 0 aliphatic heterocycles. The van der Waals surface area contributed by atoms with Gasteiger partial charge in [-0.25, -0.2) is 4.98 Å². The van der Waals surface area contributed by atoms with E-state index >= 15 is 0 Å². The van der Waals surface area contributed by atoms with Gasteiger partial charge in [0.2, 0.25) is 0 Å². The number of rotatable bonds is 5. The van der Waals surface area contributed by atoms with Crippen molar-refractivity contribution in [2.24, 2.45) is 0 Å². The van der Waals surface area contributed by atoms with Crippen LogP contribution in [-0.4, -0.2) is 28.6 Å². The lowest BCUT2D eigenvalue weighted by Gasteiger charge is -2.24. The van der Waals surface area contributed by atoms with Crippen molar-refractivity contribution in [1.82, 2.24) is 9.36 Å². The first kappa shape index (κ1) is 16.0. The largest absolute Gasteiger partial charge is 0.405 e. The van der Waals surface area contributed by atoms with Gasteiger partial charge in [0.15, 0.2) is 0 Å². The molecule has 2 N–H and O–H groups in total. The summed E-state index contributed by atoms with van der Waals surface area (Å²) in [5.74, 6) is 0.226. The molecule has 2 rings (SSSR count). The van der Waals surface area contributed by atoms with Crippen LogP contribution in [0.5, 0.6) is 0 Å². The number of hydrogen-bond acceptors (Lipinski definition) is 6. The fraction of sp³-hybridized carbons (Fsp3) is 0.500. The molecule has 4 nitrogen and oxygen atoms in total. The number of aromatic nitrogens is 2. The van der Waals surface area contributed by atoms with E-state index in [9.17, 15) is 13.2 Å². The van der Waals surface area contributed by atoms with Crippen LogP contribution < -0.4 is 10.6 Å². The molecule has 116 valence electrons. The Morgan fingerprint density at radius 1 is 1.38 bits per heavy atom. The molecule has 21 heavy (non-hydrogen) atoms. The van der Waals surface area contributed by atoms with Crippen LogP contribution in [0.1, 0.15) is 18.4 Å². The summed E-state index contributed by atoms with van der Waals surface area (Å²) >= 11 is 2.41. The van der Waals surface area contributed by atoms with E-state index in [0.29, 0.717) is 22.7 Å². The van der Waals surface area contributed by atoms with Crippen molar-refractivity contribution >= 4 is 33.7 Å². The molecule has 2 aromatic heterocycles. The summed E-state index contributed by atoms with van der Waals surface area (Å²) in [4.78, 5) is 5.59. The molecular formula is C12H15F3N4S2. The summed E-state index contributed by atoms with van der Waals surface area (Å²) in [7, 11) is 0. The highest BCUT2D eigenvalue weighted by molar-refractivity contribution is 7.11. The second-order valence-corrected chi connectivity index (χ2v) is 6.35. The van der Waals surface area contributed by atoms with Crippen LogP contribution in [-0.2, 0) is 0 Å². The van der Waals surface area contributed by atoms with Crippen molar-refractivity contribution < 1.29 is 13.2 Å². The highest BCUT2D eigenvalue weighted by Gasteiger charge is 2.33. The lowest BCUT2D eigenvalue weighted by molar-refractivity contribution is -0.119. The molecule has 0 unspecified atom stereocenters.